The van der Waals surface area contributed by atoms with E-state index in [1.165, 1.54) is 25.3 Å². The zero-order chi connectivity index (χ0) is 12.5. The zero-order valence-corrected chi connectivity index (χ0v) is 11.0. The Bertz CT molecular complexity index is 388. The van der Waals surface area contributed by atoms with Gasteiger partial charge in [0.2, 0.25) is 0 Å². The van der Waals surface area contributed by atoms with Gasteiger partial charge in [-0.25, -0.2) is 4.39 Å². The van der Waals surface area contributed by atoms with Crippen LogP contribution in [-0.2, 0) is 5.41 Å². The van der Waals surface area contributed by atoms with Crippen molar-refractivity contribution in [2.45, 2.75) is 51.0 Å². The molecule has 0 aromatic heterocycles. The van der Waals surface area contributed by atoms with Crippen LogP contribution in [0, 0.1) is 5.82 Å². The van der Waals surface area contributed by atoms with E-state index >= 15 is 0 Å². The Kier molecular flexibility index (Phi) is 3.26. The van der Waals surface area contributed by atoms with Crippen molar-refractivity contribution in [3.8, 4) is 0 Å². The highest BCUT2D eigenvalue weighted by molar-refractivity contribution is 5.29. The van der Waals surface area contributed by atoms with Gasteiger partial charge < -0.3 is 5.32 Å². The lowest BCUT2D eigenvalue weighted by molar-refractivity contribution is 0.212. The molecule has 1 aliphatic carbocycles. The standard InChI is InChI=1S/C15H22FN/c1-14(2,3)17-11-15(8-5-9-15)12-6-4-7-13(16)10-12/h4,6-7,10,17H,5,8-9,11H2,1-3H3. The second kappa shape index (κ2) is 4.41. The van der Waals surface area contributed by atoms with E-state index in [1.807, 2.05) is 6.07 Å². The number of nitrogens with one attached hydrogen (secondary N) is 1. The minimum absolute atomic E-state index is 0.121. The van der Waals surface area contributed by atoms with Gasteiger partial charge in [-0.2, -0.15) is 0 Å². The van der Waals surface area contributed by atoms with Crippen molar-refractivity contribution in [3.05, 3.63) is 35.6 Å². The van der Waals surface area contributed by atoms with E-state index in [0.717, 1.165) is 12.1 Å². The molecule has 1 fully saturated rings. The third-order valence-electron chi connectivity index (χ3n) is 3.70. The van der Waals surface area contributed by atoms with E-state index in [9.17, 15) is 4.39 Å². The van der Waals surface area contributed by atoms with Crippen LogP contribution in [0.4, 0.5) is 4.39 Å². The van der Waals surface area contributed by atoms with Crippen LogP contribution in [0.15, 0.2) is 24.3 Å². The Morgan fingerprint density at radius 2 is 2.00 bits per heavy atom. The summed E-state index contributed by atoms with van der Waals surface area (Å²) in [7, 11) is 0. The van der Waals surface area contributed by atoms with Crippen molar-refractivity contribution in [3.63, 3.8) is 0 Å². The summed E-state index contributed by atoms with van der Waals surface area (Å²) in [4.78, 5) is 0. The minimum Gasteiger partial charge on any atom is -0.311 e. The molecule has 17 heavy (non-hydrogen) atoms. The molecule has 2 heteroatoms. The van der Waals surface area contributed by atoms with Crippen molar-refractivity contribution < 1.29 is 4.39 Å². The molecule has 0 amide bonds. The fourth-order valence-electron chi connectivity index (χ4n) is 2.42. The van der Waals surface area contributed by atoms with Gasteiger partial charge in [0.05, 0.1) is 0 Å². The van der Waals surface area contributed by atoms with E-state index in [4.69, 9.17) is 0 Å². The first-order valence-electron chi connectivity index (χ1n) is 6.42. The average Bonchev–Trinajstić information content (AvgIpc) is 2.14. The number of hydrogen-bond donors (Lipinski definition) is 1. The van der Waals surface area contributed by atoms with Gasteiger partial charge >= 0.3 is 0 Å². The normalized spacial score (nSPS) is 18.8. The molecule has 1 aromatic rings. The van der Waals surface area contributed by atoms with Crippen molar-refractivity contribution in [1.82, 2.24) is 5.32 Å². The molecule has 1 saturated carbocycles. The molecule has 0 bridgehead atoms. The van der Waals surface area contributed by atoms with Gasteiger partial charge in [-0.1, -0.05) is 18.6 Å². The summed E-state index contributed by atoms with van der Waals surface area (Å²) in [5, 5.41) is 3.56. The van der Waals surface area contributed by atoms with Gasteiger partial charge in [0.1, 0.15) is 5.82 Å². The summed E-state index contributed by atoms with van der Waals surface area (Å²) in [5.74, 6) is -0.121. The van der Waals surface area contributed by atoms with E-state index < -0.39 is 0 Å². The van der Waals surface area contributed by atoms with Crippen LogP contribution in [-0.4, -0.2) is 12.1 Å². The molecular formula is C15H22FN. The third kappa shape index (κ3) is 2.86. The monoisotopic (exact) mass is 235 g/mol. The van der Waals surface area contributed by atoms with Crippen molar-refractivity contribution in [2.24, 2.45) is 0 Å². The van der Waals surface area contributed by atoms with Gasteiger partial charge in [-0.3, -0.25) is 0 Å². The van der Waals surface area contributed by atoms with E-state index in [1.54, 1.807) is 6.07 Å². The van der Waals surface area contributed by atoms with E-state index in [-0.39, 0.29) is 16.8 Å². The van der Waals surface area contributed by atoms with Gasteiger partial charge in [-0.05, 0) is 51.3 Å². The van der Waals surface area contributed by atoms with Crippen LogP contribution in [0.1, 0.15) is 45.6 Å². The smallest absolute Gasteiger partial charge is 0.123 e. The van der Waals surface area contributed by atoms with Crippen LogP contribution < -0.4 is 5.32 Å². The molecule has 0 saturated heterocycles. The predicted molar refractivity (Wildman–Crippen MR) is 69.7 cm³/mol. The molecule has 0 heterocycles. The maximum absolute atomic E-state index is 13.3. The molecule has 0 unspecified atom stereocenters. The molecule has 0 radical (unpaired) electrons. The number of rotatable bonds is 3. The summed E-state index contributed by atoms with van der Waals surface area (Å²) < 4.78 is 13.3. The summed E-state index contributed by atoms with van der Waals surface area (Å²) in [6.07, 6.45) is 3.58. The second-order valence-corrected chi connectivity index (χ2v) is 6.25. The SMILES string of the molecule is CC(C)(C)NCC1(c2cccc(F)c2)CCC1. The summed E-state index contributed by atoms with van der Waals surface area (Å²) in [5.41, 5.74) is 1.44. The minimum atomic E-state index is -0.121. The highest BCUT2D eigenvalue weighted by Crippen LogP contribution is 2.43. The number of benzene rings is 1. The molecular weight excluding hydrogens is 213 g/mol. The molecule has 0 aliphatic heterocycles. The molecule has 2 rings (SSSR count). The Morgan fingerprint density at radius 1 is 1.29 bits per heavy atom. The Labute approximate surface area is 103 Å². The summed E-state index contributed by atoms with van der Waals surface area (Å²) in [6.45, 7) is 7.46. The molecule has 1 nitrogen and oxygen atoms in total. The van der Waals surface area contributed by atoms with Crippen LogP contribution >= 0.6 is 0 Å². The molecule has 0 spiro atoms. The Hall–Kier alpha value is -0.890. The molecule has 1 aliphatic rings. The zero-order valence-electron chi connectivity index (χ0n) is 11.0. The number of hydrogen-bond acceptors (Lipinski definition) is 1. The van der Waals surface area contributed by atoms with Crippen LogP contribution in [0.3, 0.4) is 0 Å². The lowest BCUT2D eigenvalue weighted by Gasteiger charge is -2.44. The van der Waals surface area contributed by atoms with E-state index in [2.05, 4.69) is 32.2 Å². The van der Waals surface area contributed by atoms with E-state index in [0.29, 0.717) is 0 Å². The van der Waals surface area contributed by atoms with Gasteiger partial charge in [0.25, 0.3) is 0 Å². The second-order valence-electron chi connectivity index (χ2n) is 6.25. The highest BCUT2D eigenvalue weighted by Gasteiger charge is 2.39. The number of halogens is 1. The predicted octanol–water partition coefficient (Wildman–Crippen LogP) is 3.64. The van der Waals surface area contributed by atoms with Gasteiger partial charge in [-0.15, -0.1) is 0 Å². The fraction of sp³-hybridized carbons (Fsp3) is 0.600. The largest absolute Gasteiger partial charge is 0.311 e. The van der Waals surface area contributed by atoms with Crippen LogP contribution in [0.2, 0.25) is 0 Å². The third-order valence-corrected chi connectivity index (χ3v) is 3.70. The van der Waals surface area contributed by atoms with Crippen molar-refractivity contribution >= 4 is 0 Å². The lowest BCUT2D eigenvalue weighted by Crippen LogP contribution is -2.49. The molecule has 1 N–H and O–H groups in total. The molecule has 94 valence electrons. The van der Waals surface area contributed by atoms with Gasteiger partial charge in [0.15, 0.2) is 0 Å². The van der Waals surface area contributed by atoms with Gasteiger partial charge in [0, 0.05) is 17.5 Å². The Balaban J connectivity index is 2.14. The maximum atomic E-state index is 13.3. The molecule has 1 aromatic carbocycles. The quantitative estimate of drug-likeness (QED) is 0.843. The summed E-state index contributed by atoms with van der Waals surface area (Å²) >= 11 is 0. The topological polar surface area (TPSA) is 12.0 Å². The van der Waals surface area contributed by atoms with Crippen LogP contribution in [0.25, 0.3) is 0 Å². The Morgan fingerprint density at radius 3 is 2.47 bits per heavy atom. The first-order valence-corrected chi connectivity index (χ1v) is 6.42. The first kappa shape index (κ1) is 12.6. The lowest BCUT2D eigenvalue weighted by atomic mass is 9.64. The maximum Gasteiger partial charge on any atom is 0.123 e. The molecule has 0 atom stereocenters. The van der Waals surface area contributed by atoms with Crippen molar-refractivity contribution in [2.75, 3.05) is 6.54 Å². The van der Waals surface area contributed by atoms with Crippen molar-refractivity contribution in [1.29, 1.82) is 0 Å². The fourth-order valence-corrected chi connectivity index (χ4v) is 2.42. The first-order chi connectivity index (χ1) is 7.91. The average molecular weight is 235 g/mol. The summed E-state index contributed by atoms with van der Waals surface area (Å²) in [6, 6.07) is 7.10. The highest BCUT2D eigenvalue weighted by atomic mass is 19.1. The van der Waals surface area contributed by atoms with Crippen LogP contribution in [0.5, 0.6) is 0 Å².